The van der Waals surface area contributed by atoms with E-state index in [4.69, 9.17) is 24.3 Å². The van der Waals surface area contributed by atoms with Gasteiger partial charge in [0.15, 0.2) is 17.2 Å². The second-order valence-electron chi connectivity index (χ2n) is 8.51. The normalized spacial score (nSPS) is 16.5. The Morgan fingerprint density at radius 3 is 2.55 bits per heavy atom. The lowest BCUT2D eigenvalue weighted by molar-refractivity contribution is 0.100. The first-order valence-corrected chi connectivity index (χ1v) is 11.0. The molecule has 33 heavy (non-hydrogen) atoms. The zero-order valence-corrected chi connectivity index (χ0v) is 18.7. The van der Waals surface area contributed by atoms with Gasteiger partial charge in [-0.1, -0.05) is 6.07 Å². The summed E-state index contributed by atoms with van der Waals surface area (Å²) in [5.41, 5.74) is 2.30. The van der Waals surface area contributed by atoms with E-state index in [1.165, 1.54) is 7.11 Å². The van der Waals surface area contributed by atoms with Crippen LogP contribution in [0, 0.1) is 11.3 Å². The number of rotatable bonds is 6. The molecule has 170 valence electrons. The van der Waals surface area contributed by atoms with Crippen molar-refractivity contribution in [3.63, 3.8) is 0 Å². The number of likely N-dealkylation sites (tertiary alicyclic amines) is 1. The number of nitriles is 1. The number of fused-ring (bicyclic) bond motifs is 1. The van der Waals surface area contributed by atoms with Gasteiger partial charge in [-0.15, -0.1) is 5.10 Å². The van der Waals surface area contributed by atoms with Crippen molar-refractivity contribution in [1.82, 2.24) is 19.5 Å². The summed E-state index contributed by atoms with van der Waals surface area (Å²) >= 11 is 0. The maximum atomic E-state index is 12.4. The van der Waals surface area contributed by atoms with E-state index >= 15 is 0 Å². The molecule has 0 unspecified atom stereocenters. The van der Waals surface area contributed by atoms with E-state index in [0.29, 0.717) is 28.5 Å². The molecule has 9 heteroatoms. The molecule has 1 saturated heterocycles. The lowest BCUT2D eigenvalue weighted by atomic mass is 10.1. The van der Waals surface area contributed by atoms with Crippen molar-refractivity contribution in [3.8, 4) is 28.8 Å². The minimum atomic E-state index is -0.369. The molecular formula is C24H25N5O4. The Morgan fingerprint density at radius 1 is 1.12 bits per heavy atom. The number of benzene rings is 1. The van der Waals surface area contributed by atoms with Crippen molar-refractivity contribution in [1.29, 1.82) is 5.26 Å². The molecule has 0 spiro atoms. The summed E-state index contributed by atoms with van der Waals surface area (Å²) < 4.78 is 18.3. The SMILES string of the molecule is COc1cc(-c2ccc(OC)c3nc(C4(COC(=O)N5CCCC5)CC4)nn23)ccc1C#N. The van der Waals surface area contributed by atoms with Crippen LogP contribution in [0.4, 0.5) is 4.79 Å². The molecule has 0 radical (unpaired) electrons. The number of carbonyl (C=O) groups is 1. The molecule has 2 aliphatic rings. The van der Waals surface area contributed by atoms with Gasteiger partial charge in [0.1, 0.15) is 18.4 Å². The van der Waals surface area contributed by atoms with Gasteiger partial charge in [0.05, 0.1) is 30.9 Å². The summed E-state index contributed by atoms with van der Waals surface area (Å²) in [5, 5.41) is 14.1. The minimum absolute atomic E-state index is 0.259. The highest BCUT2D eigenvalue weighted by molar-refractivity contribution is 5.70. The quantitative estimate of drug-likeness (QED) is 0.569. The first-order chi connectivity index (χ1) is 16.1. The zero-order chi connectivity index (χ0) is 23.0. The smallest absolute Gasteiger partial charge is 0.409 e. The Morgan fingerprint density at radius 2 is 1.88 bits per heavy atom. The number of amides is 1. The molecule has 1 amide bonds. The molecular weight excluding hydrogens is 422 g/mol. The van der Waals surface area contributed by atoms with Crippen LogP contribution < -0.4 is 9.47 Å². The van der Waals surface area contributed by atoms with Crippen LogP contribution in [0.5, 0.6) is 11.5 Å². The third kappa shape index (κ3) is 3.71. The van der Waals surface area contributed by atoms with Crippen molar-refractivity contribution in [2.45, 2.75) is 31.1 Å². The van der Waals surface area contributed by atoms with Crippen molar-refractivity contribution in [2.24, 2.45) is 0 Å². The molecule has 1 aliphatic heterocycles. The fourth-order valence-corrected chi connectivity index (χ4v) is 4.26. The predicted molar refractivity (Wildman–Crippen MR) is 119 cm³/mol. The predicted octanol–water partition coefficient (Wildman–Crippen LogP) is 3.55. The number of methoxy groups -OCH3 is 2. The summed E-state index contributed by atoms with van der Waals surface area (Å²) in [7, 11) is 3.14. The lowest BCUT2D eigenvalue weighted by Crippen LogP contribution is -2.31. The van der Waals surface area contributed by atoms with Crippen LogP contribution in [0.15, 0.2) is 30.3 Å². The van der Waals surface area contributed by atoms with Gasteiger partial charge in [-0.3, -0.25) is 0 Å². The van der Waals surface area contributed by atoms with Gasteiger partial charge >= 0.3 is 6.09 Å². The molecule has 2 aromatic heterocycles. The van der Waals surface area contributed by atoms with E-state index in [-0.39, 0.29) is 18.1 Å². The Kier molecular flexibility index (Phi) is 5.29. The van der Waals surface area contributed by atoms with Crippen LogP contribution in [0.3, 0.4) is 0 Å². The monoisotopic (exact) mass is 447 g/mol. The largest absolute Gasteiger partial charge is 0.495 e. The number of ether oxygens (including phenoxy) is 3. The molecule has 3 aromatic rings. The highest BCUT2D eigenvalue weighted by atomic mass is 16.6. The van der Waals surface area contributed by atoms with Crippen molar-refractivity contribution < 1.29 is 19.0 Å². The second-order valence-corrected chi connectivity index (χ2v) is 8.51. The molecule has 2 fully saturated rings. The summed E-state index contributed by atoms with van der Waals surface area (Å²) in [6, 6.07) is 11.3. The Labute approximate surface area is 191 Å². The van der Waals surface area contributed by atoms with E-state index in [2.05, 4.69) is 6.07 Å². The van der Waals surface area contributed by atoms with Gasteiger partial charge in [-0.25, -0.2) is 14.3 Å². The Balaban J connectivity index is 1.49. The Bertz CT molecular complexity index is 1250. The maximum Gasteiger partial charge on any atom is 0.409 e. The van der Waals surface area contributed by atoms with Crippen LogP contribution in [0.1, 0.15) is 37.1 Å². The lowest BCUT2D eigenvalue weighted by Gasteiger charge is -2.17. The zero-order valence-electron chi connectivity index (χ0n) is 18.7. The summed E-state index contributed by atoms with van der Waals surface area (Å²) in [6.07, 6.45) is 3.51. The van der Waals surface area contributed by atoms with Crippen molar-refractivity contribution >= 4 is 11.7 Å². The number of hydrogen-bond donors (Lipinski definition) is 0. The topological polar surface area (TPSA) is 102 Å². The fourth-order valence-electron chi connectivity index (χ4n) is 4.26. The van der Waals surface area contributed by atoms with E-state index in [1.807, 2.05) is 24.3 Å². The van der Waals surface area contributed by atoms with Gasteiger partial charge in [0.25, 0.3) is 0 Å². The average Bonchev–Trinajstić information content (AvgIpc) is 3.24. The first kappa shape index (κ1) is 21.1. The van der Waals surface area contributed by atoms with Crippen LogP contribution >= 0.6 is 0 Å². The molecule has 1 saturated carbocycles. The van der Waals surface area contributed by atoms with E-state index in [9.17, 15) is 10.1 Å². The van der Waals surface area contributed by atoms with Crippen molar-refractivity contribution in [3.05, 3.63) is 41.7 Å². The molecule has 5 rings (SSSR count). The van der Waals surface area contributed by atoms with Gasteiger partial charge in [0, 0.05) is 18.7 Å². The van der Waals surface area contributed by atoms with Gasteiger partial charge in [0.2, 0.25) is 0 Å². The first-order valence-electron chi connectivity index (χ1n) is 11.0. The fraction of sp³-hybridized carbons (Fsp3) is 0.417. The Hall–Kier alpha value is -3.80. The molecule has 0 atom stereocenters. The van der Waals surface area contributed by atoms with Gasteiger partial charge < -0.3 is 19.1 Å². The molecule has 9 nitrogen and oxygen atoms in total. The van der Waals surface area contributed by atoms with Crippen LogP contribution in [0.2, 0.25) is 0 Å². The number of aromatic nitrogens is 3. The van der Waals surface area contributed by atoms with E-state index in [0.717, 1.165) is 50.0 Å². The number of carbonyl (C=O) groups excluding carboxylic acids is 1. The van der Waals surface area contributed by atoms with Crippen LogP contribution in [0.25, 0.3) is 16.9 Å². The highest BCUT2D eigenvalue weighted by Gasteiger charge is 2.50. The third-order valence-electron chi connectivity index (χ3n) is 6.45. The standard InChI is InChI=1S/C24H25N5O4/c1-31-19-8-7-18(16-5-6-17(14-25)20(13-16)32-2)29-21(19)26-22(27-29)24(9-10-24)15-33-23(30)28-11-3-4-12-28/h5-8,13H,3-4,9-12,15H2,1-2H3. The second kappa shape index (κ2) is 8.28. The summed E-state index contributed by atoms with van der Waals surface area (Å²) in [4.78, 5) is 18.9. The summed E-state index contributed by atoms with van der Waals surface area (Å²) in [6.45, 7) is 1.78. The minimum Gasteiger partial charge on any atom is -0.495 e. The number of pyridine rings is 1. The van der Waals surface area contributed by atoms with E-state index in [1.54, 1.807) is 22.6 Å². The van der Waals surface area contributed by atoms with Gasteiger partial charge in [-0.2, -0.15) is 5.26 Å². The van der Waals surface area contributed by atoms with E-state index < -0.39 is 0 Å². The van der Waals surface area contributed by atoms with Crippen LogP contribution in [-0.4, -0.2) is 59.5 Å². The molecule has 1 aromatic carbocycles. The average molecular weight is 447 g/mol. The number of hydrogen-bond acceptors (Lipinski definition) is 7. The van der Waals surface area contributed by atoms with Crippen molar-refractivity contribution in [2.75, 3.05) is 33.9 Å². The summed E-state index contributed by atoms with van der Waals surface area (Å²) in [5.74, 6) is 1.73. The van der Waals surface area contributed by atoms with Gasteiger partial charge in [-0.05, 0) is 49.9 Å². The third-order valence-corrected chi connectivity index (χ3v) is 6.45. The molecule has 1 aliphatic carbocycles. The molecule has 0 N–H and O–H groups in total. The number of nitrogens with zero attached hydrogens (tertiary/aromatic N) is 5. The molecule has 0 bridgehead atoms. The van der Waals surface area contributed by atoms with Crippen LogP contribution in [-0.2, 0) is 10.2 Å². The maximum absolute atomic E-state index is 12.4. The molecule has 3 heterocycles. The highest BCUT2D eigenvalue weighted by Crippen LogP contribution is 2.47.